The summed E-state index contributed by atoms with van der Waals surface area (Å²) in [5, 5.41) is 3.65. The van der Waals surface area contributed by atoms with Gasteiger partial charge in [0.25, 0.3) is 11.8 Å². The van der Waals surface area contributed by atoms with Crippen LogP contribution in [0.25, 0.3) is 10.9 Å². The number of carbonyl (C=O) groups is 3. The summed E-state index contributed by atoms with van der Waals surface area (Å²) in [7, 11) is 0. The largest absolute Gasteiger partial charge is 0.356 e. The summed E-state index contributed by atoms with van der Waals surface area (Å²) in [5.74, 6) is -1.87. The van der Waals surface area contributed by atoms with Crippen LogP contribution in [0.4, 0.5) is 19.3 Å². The van der Waals surface area contributed by atoms with Crippen molar-refractivity contribution in [3.05, 3.63) is 137 Å². The Labute approximate surface area is 239 Å². The van der Waals surface area contributed by atoms with Crippen molar-refractivity contribution in [2.24, 2.45) is 0 Å². The van der Waals surface area contributed by atoms with Gasteiger partial charge in [-0.05, 0) is 47.5 Å². The van der Waals surface area contributed by atoms with Crippen LogP contribution in [0.15, 0.2) is 97.1 Å². The summed E-state index contributed by atoms with van der Waals surface area (Å²) in [4.78, 5) is 47.5. The molecule has 0 spiro atoms. The second-order valence-electron chi connectivity index (χ2n) is 10.4. The topological polar surface area (TPSA) is 85.5 Å². The number of aromatic nitrogens is 1. The third kappa shape index (κ3) is 4.04. The van der Waals surface area contributed by atoms with Crippen LogP contribution in [0, 0.1) is 11.6 Å². The Morgan fingerprint density at radius 2 is 1.60 bits per heavy atom. The third-order valence-corrected chi connectivity index (χ3v) is 8.02. The molecular weight excluding hydrogens is 538 g/mol. The molecule has 3 heterocycles. The zero-order valence-corrected chi connectivity index (χ0v) is 22.2. The molecule has 0 bridgehead atoms. The van der Waals surface area contributed by atoms with Crippen molar-refractivity contribution in [3.63, 3.8) is 0 Å². The Morgan fingerprint density at radius 3 is 2.40 bits per heavy atom. The highest BCUT2D eigenvalue weighted by Crippen LogP contribution is 2.45. The third-order valence-electron chi connectivity index (χ3n) is 8.02. The van der Waals surface area contributed by atoms with E-state index >= 15 is 0 Å². The average molecular weight is 563 g/mol. The number of hydrogen-bond donors (Lipinski definition) is 2. The smallest absolute Gasteiger partial charge is 0.332 e. The number of H-pyrrole nitrogens is 1. The van der Waals surface area contributed by atoms with E-state index in [-0.39, 0.29) is 24.2 Å². The van der Waals surface area contributed by atoms with Crippen LogP contribution in [-0.2, 0) is 17.8 Å². The molecule has 7 nitrogen and oxygen atoms in total. The summed E-state index contributed by atoms with van der Waals surface area (Å²) >= 11 is 0. The maximum absolute atomic E-state index is 14.2. The van der Waals surface area contributed by atoms with Crippen LogP contribution < -0.4 is 10.2 Å². The summed E-state index contributed by atoms with van der Waals surface area (Å²) in [6.45, 7) is -0.0646. The fourth-order valence-corrected chi connectivity index (χ4v) is 6.06. The molecule has 1 fully saturated rings. The van der Waals surface area contributed by atoms with E-state index in [1.54, 1.807) is 48.5 Å². The number of amides is 4. The first-order valence-electron chi connectivity index (χ1n) is 13.5. The van der Waals surface area contributed by atoms with Gasteiger partial charge < -0.3 is 10.3 Å². The Bertz CT molecular complexity index is 1880. The number of urea groups is 1. The summed E-state index contributed by atoms with van der Waals surface area (Å²) in [6, 6.07) is 24.0. The Hall–Kier alpha value is -5.31. The molecule has 0 aliphatic carbocycles. The average Bonchev–Trinajstić information content (AvgIpc) is 3.50. The number of nitrogens with one attached hydrogen (secondary N) is 2. The van der Waals surface area contributed by atoms with E-state index in [1.165, 1.54) is 29.2 Å². The number of fused-ring (bicyclic) bond motifs is 4. The lowest BCUT2D eigenvalue weighted by molar-refractivity contribution is -0.120. The molecule has 2 N–H and O–H groups in total. The molecule has 0 radical (unpaired) electrons. The number of anilines is 1. The van der Waals surface area contributed by atoms with Crippen LogP contribution in [-0.4, -0.2) is 33.8 Å². The van der Waals surface area contributed by atoms with Gasteiger partial charge in [-0.25, -0.2) is 18.5 Å². The number of carbonyl (C=O) groups excluding carboxylic acids is 3. The molecule has 9 heteroatoms. The van der Waals surface area contributed by atoms with Gasteiger partial charge in [0.15, 0.2) is 0 Å². The molecule has 2 aliphatic rings. The number of imide groups is 1. The fraction of sp³-hybridized carbons (Fsp3) is 0.121. The van der Waals surface area contributed by atoms with Crippen LogP contribution >= 0.6 is 0 Å². The number of benzene rings is 4. The first-order valence-corrected chi connectivity index (χ1v) is 13.5. The van der Waals surface area contributed by atoms with Crippen LogP contribution in [0.3, 0.4) is 0 Å². The minimum Gasteiger partial charge on any atom is -0.356 e. The highest BCUT2D eigenvalue weighted by atomic mass is 19.1. The van der Waals surface area contributed by atoms with Gasteiger partial charge >= 0.3 is 6.03 Å². The second kappa shape index (κ2) is 9.95. The summed E-state index contributed by atoms with van der Waals surface area (Å²) in [6.07, 6.45) is 0.278. The Balaban J connectivity index is 1.28. The van der Waals surface area contributed by atoms with Crippen molar-refractivity contribution in [1.29, 1.82) is 0 Å². The zero-order chi connectivity index (χ0) is 29.0. The summed E-state index contributed by atoms with van der Waals surface area (Å²) in [5.41, 5.74) is 3.76. The lowest BCUT2D eigenvalue weighted by Gasteiger charge is -2.36. The van der Waals surface area contributed by atoms with Gasteiger partial charge in [-0.3, -0.25) is 14.5 Å². The molecule has 0 unspecified atom stereocenters. The first kappa shape index (κ1) is 25.6. The second-order valence-corrected chi connectivity index (χ2v) is 10.4. The molecule has 4 aromatic carbocycles. The fourth-order valence-electron chi connectivity index (χ4n) is 6.06. The molecule has 5 aromatic rings. The number of hydrogen-bond acceptors (Lipinski definition) is 3. The lowest BCUT2D eigenvalue weighted by Crippen LogP contribution is -2.44. The number of aromatic amines is 1. The Morgan fingerprint density at radius 1 is 0.881 bits per heavy atom. The number of halogens is 2. The van der Waals surface area contributed by atoms with E-state index in [0.717, 1.165) is 27.1 Å². The van der Waals surface area contributed by atoms with Gasteiger partial charge in [0.05, 0.1) is 11.3 Å². The van der Waals surface area contributed by atoms with Crippen molar-refractivity contribution in [2.45, 2.75) is 25.0 Å². The molecule has 2 atom stereocenters. The molecular formula is C33H24F2N4O3. The SMILES string of the molecule is O=C(NCc1ccccc1F)c1ccccc1N1C(=O)[C@@H]2Cc3c([nH]c4ccccc34)[C@@H](c3ccc(F)cc3)N2C1=O. The monoisotopic (exact) mass is 562 g/mol. The minimum absolute atomic E-state index is 0.0646. The van der Waals surface area contributed by atoms with Crippen molar-refractivity contribution in [3.8, 4) is 0 Å². The molecule has 4 amide bonds. The molecule has 42 heavy (non-hydrogen) atoms. The predicted octanol–water partition coefficient (Wildman–Crippen LogP) is 5.86. The standard InChI is InChI=1S/C33H24F2N4O3/c34-21-15-13-19(14-16-21)30-29-24(22-8-2-5-11-26(22)37-29)17-28-32(41)39(33(42)38(28)30)27-12-6-3-9-23(27)31(40)36-18-20-7-1-4-10-25(20)35/h1-16,28,30,37H,17-18H2,(H,36,40)/t28-,30+/m0/s1. The maximum atomic E-state index is 14.2. The summed E-state index contributed by atoms with van der Waals surface area (Å²) < 4.78 is 28.1. The predicted molar refractivity (Wildman–Crippen MR) is 153 cm³/mol. The molecule has 7 rings (SSSR count). The molecule has 1 saturated heterocycles. The van der Waals surface area contributed by atoms with E-state index in [0.29, 0.717) is 11.1 Å². The van der Waals surface area contributed by atoms with E-state index in [9.17, 15) is 23.2 Å². The highest BCUT2D eigenvalue weighted by molar-refractivity contribution is 6.24. The highest BCUT2D eigenvalue weighted by Gasteiger charge is 2.53. The van der Waals surface area contributed by atoms with E-state index < -0.39 is 41.6 Å². The van der Waals surface area contributed by atoms with Crippen molar-refractivity contribution >= 4 is 34.4 Å². The maximum Gasteiger partial charge on any atom is 0.332 e. The quantitative estimate of drug-likeness (QED) is 0.263. The Kier molecular flexibility index (Phi) is 6.08. The van der Waals surface area contributed by atoms with E-state index in [1.807, 2.05) is 24.3 Å². The van der Waals surface area contributed by atoms with Crippen molar-refractivity contribution in [2.75, 3.05) is 4.90 Å². The zero-order valence-electron chi connectivity index (χ0n) is 22.2. The number of rotatable bonds is 5. The van der Waals surface area contributed by atoms with Gasteiger partial charge in [-0.1, -0.05) is 60.7 Å². The molecule has 0 saturated carbocycles. The van der Waals surface area contributed by atoms with Gasteiger partial charge in [0.1, 0.15) is 23.7 Å². The minimum atomic E-state index is -0.839. The van der Waals surface area contributed by atoms with Crippen LogP contribution in [0.5, 0.6) is 0 Å². The van der Waals surface area contributed by atoms with Crippen LogP contribution in [0.1, 0.15) is 38.8 Å². The lowest BCUT2D eigenvalue weighted by atomic mass is 9.89. The van der Waals surface area contributed by atoms with Gasteiger partial charge in [-0.2, -0.15) is 0 Å². The van der Waals surface area contributed by atoms with Crippen molar-refractivity contribution < 1.29 is 23.2 Å². The van der Waals surface area contributed by atoms with Crippen LogP contribution in [0.2, 0.25) is 0 Å². The molecule has 208 valence electrons. The van der Waals surface area contributed by atoms with Gasteiger partial charge in [-0.15, -0.1) is 0 Å². The van der Waals surface area contributed by atoms with E-state index in [4.69, 9.17) is 0 Å². The number of nitrogens with zero attached hydrogens (tertiary/aromatic N) is 2. The van der Waals surface area contributed by atoms with Gasteiger partial charge in [0.2, 0.25) is 0 Å². The van der Waals surface area contributed by atoms with E-state index in [2.05, 4.69) is 10.3 Å². The molecule has 1 aromatic heterocycles. The van der Waals surface area contributed by atoms with Gasteiger partial charge in [0, 0.05) is 35.1 Å². The van der Waals surface area contributed by atoms with Crippen molar-refractivity contribution in [1.82, 2.24) is 15.2 Å². The normalized spacial score (nSPS) is 17.9. The molecule has 2 aliphatic heterocycles. The first-order chi connectivity index (χ1) is 20.4. The number of para-hydroxylation sites is 2.